The molecule has 1 N–H and O–H groups in total. The number of nitrogens with zero attached hydrogens (tertiary/aromatic N) is 3. The van der Waals surface area contributed by atoms with Gasteiger partial charge in [-0.2, -0.15) is 5.10 Å². The lowest BCUT2D eigenvalue weighted by Crippen LogP contribution is -2.44. The Hall–Kier alpha value is -2.12. The molecule has 1 aliphatic carbocycles. The molecule has 3 unspecified atom stereocenters. The fourth-order valence-corrected chi connectivity index (χ4v) is 5.16. The zero-order valence-corrected chi connectivity index (χ0v) is 20.0. The lowest BCUT2D eigenvalue weighted by molar-refractivity contribution is 0.0361. The van der Waals surface area contributed by atoms with Crippen LogP contribution in [-0.4, -0.2) is 66.6 Å². The van der Waals surface area contributed by atoms with Crippen LogP contribution in [0.5, 0.6) is 5.75 Å². The summed E-state index contributed by atoms with van der Waals surface area (Å²) in [7, 11) is 1.67. The maximum atomic E-state index is 13.4. The quantitative estimate of drug-likeness (QED) is 0.710. The minimum Gasteiger partial charge on any atom is -0.494 e. The second kappa shape index (κ2) is 10.2. The Morgan fingerprint density at radius 1 is 1.25 bits per heavy atom. The number of para-hydroxylation sites is 1. The van der Waals surface area contributed by atoms with Gasteiger partial charge in [0.25, 0.3) is 5.91 Å². The molecule has 0 bridgehead atoms. The van der Waals surface area contributed by atoms with E-state index in [-0.39, 0.29) is 11.9 Å². The number of hydrogen-bond acceptors (Lipinski definition) is 5. The summed E-state index contributed by atoms with van der Waals surface area (Å²) in [6.45, 7) is 11.8. The molecule has 2 heterocycles. The third-order valence-corrected chi connectivity index (χ3v) is 7.40. The topological polar surface area (TPSA) is 68.6 Å². The molecule has 7 nitrogen and oxygen atoms in total. The second-order valence-corrected chi connectivity index (χ2v) is 9.76. The fourth-order valence-electron chi connectivity index (χ4n) is 5.16. The summed E-state index contributed by atoms with van der Waals surface area (Å²) in [5.41, 5.74) is 1.39. The first-order chi connectivity index (χ1) is 15.5. The van der Waals surface area contributed by atoms with Gasteiger partial charge in [0.1, 0.15) is 11.3 Å². The molecule has 3 atom stereocenters. The Bertz CT molecular complexity index is 919. The molecule has 1 saturated carbocycles. The Labute approximate surface area is 191 Å². The van der Waals surface area contributed by atoms with Crippen LogP contribution in [0.2, 0.25) is 0 Å². The molecule has 7 heteroatoms. The van der Waals surface area contributed by atoms with Crippen molar-refractivity contribution in [3.05, 3.63) is 23.9 Å². The smallest absolute Gasteiger partial charge is 0.272 e. The van der Waals surface area contributed by atoms with Crippen molar-refractivity contribution in [2.45, 2.75) is 52.6 Å². The Balaban J connectivity index is 1.56. The van der Waals surface area contributed by atoms with Gasteiger partial charge in [0, 0.05) is 31.1 Å². The van der Waals surface area contributed by atoms with Crippen LogP contribution in [-0.2, 0) is 11.3 Å². The monoisotopic (exact) mass is 442 g/mol. The van der Waals surface area contributed by atoms with Crippen molar-refractivity contribution in [1.82, 2.24) is 20.0 Å². The molecular weight excluding hydrogens is 404 g/mol. The van der Waals surface area contributed by atoms with Crippen molar-refractivity contribution in [2.24, 2.45) is 17.8 Å². The highest BCUT2D eigenvalue weighted by molar-refractivity contribution is 6.06. The molecule has 1 aliphatic heterocycles. The van der Waals surface area contributed by atoms with Crippen molar-refractivity contribution in [2.75, 3.05) is 40.0 Å². The van der Waals surface area contributed by atoms with Crippen molar-refractivity contribution < 1.29 is 14.3 Å². The molecule has 2 aliphatic rings. The normalized spacial score (nSPS) is 24.7. The number of carbonyl (C=O) groups excluding carboxylic acids is 1. The third-order valence-electron chi connectivity index (χ3n) is 7.40. The van der Waals surface area contributed by atoms with E-state index in [0.717, 1.165) is 62.3 Å². The lowest BCUT2D eigenvalue weighted by atomic mass is 9.74. The number of methoxy groups -OCH3 is 1. The molecular formula is C25H38N4O3. The standard InChI is InChI=1S/C25H38N4O3/c1-17(2)19-9-8-18(3)21(16-19)26-25(30)23-20-6-5-7-22(31-4)24(20)29(27-23)11-10-28-12-14-32-15-13-28/h5-7,17-19,21H,8-16H2,1-4H3,(H,26,30). The maximum Gasteiger partial charge on any atom is 0.272 e. The lowest BCUT2D eigenvalue weighted by Gasteiger charge is -2.36. The van der Waals surface area contributed by atoms with Gasteiger partial charge in [0.15, 0.2) is 5.69 Å². The van der Waals surface area contributed by atoms with E-state index in [9.17, 15) is 4.79 Å². The summed E-state index contributed by atoms with van der Waals surface area (Å²) in [4.78, 5) is 15.8. The highest BCUT2D eigenvalue weighted by Gasteiger charge is 2.31. The van der Waals surface area contributed by atoms with Crippen LogP contribution in [0.1, 0.15) is 50.5 Å². The highest BCUT2D eigenvalue weighted by atomic mass is 16.5. The fraction of sp³-hybridized carbons (Fsp3) is 0.680. The SMILES string of the molecule is COc1cccc2c(C(=O)NC3CC(C(C)C)CCC3C)nn(CCN3CCOCC3)c12. The molecule has 1 aromatic heterocycles. The zero-order valence-electron chi connectivity index (χ0n) is 20.0. The number of rotatable bonds is 7. The average Bonchev–Trinajstić information content (AvgIpc) is 3.18. The molecule has 176 valence electrons. The first-order valence-electron chi connectivity index (χ1n) is 12.1. The summed E-state index contributed by atoms with van der Waals surface area (Å²) in [5, 5.41) is 8.98. The van der Waals surface area contributed by atoms with Crippen LogP contribution in [0, 0.1) is 17.8 Å². The number of morpholine rings is 1. The van der Waals surface area contributed by atoms with Gasteiger partial charge in [-0.3, -0.25) is 14.4 Å². The number of fused-ring (bicyclic) bond motifs is 1. The summed E-state index contributed by atoms with van der Waals surface area (Å²) in [6, 6.07) is 6.05. The number of aromatic nitrogens is 2. The van der Waals surface area contributed by atoms with Gasteiger partial charge < -0.3 is 14.8 Å². The van der Waals surface area contributed by atoms with Gasteiger partial charge in [-0.05, 0) is 43.1 Å². The Morgan fingerprint density at radius 2 is 2.03 bits per heavy atom. The molecule has 2 fully saturated rings. The van der Waals surface area contributed by atoms with Gasteiger partial charge in [0.2, 0.25) is 0 Å². The number of ether oxygens (including phenoxy) is 2. The predicted molar refractivity (Wildman–Crippen MR) is 126 cm³/mol. The number of nitrogens with one attached hydrogen (secondary N) is 1. The molecule has 0 radical (unpaired) electrons. The van der Waals surface area contributed by atoms with E-state index >= 15 is 0 Å². The van der Waals surface area contributed by atoms with E-state index in [0.29, 0.717) is 30.0 Å². The summed E-state index contributed by atoms with van der Waals surface area (Å²) >= 11 is 0. The van der Waals surface area contributed by atoms with Crippen LogP contribution >= 0.6 is 0 Å². The van der Waals surface area contributed by atoms with Crippen LogP contribution in [0.4, 0.5) is 0 Å². The third kappa shape index (κ3) is 4.94. The number of carbonyl (C=O) groups is 1. The van der Waals surface area contributed by atoms with Crippen LogP contribution in [0.15, 0.2) is 18.2 Å². The van der Waals surface area contributed by atoms with E-state index in [1.54, 1.807) is 7.11 Å². The van der Waals surface area contributed by atoms with E-state index in [4.69, 9.17) is 14.6 Å². The van der Waals surface area contributed by atoms with Crippen LogP contribution < -0.4 is 10.1 Å². The van der Waals surface area contributed by atoms with E-state index in [1.165, 1.54) is 6.42 Å². The van der Waals surface area contributed by atoms with Gasteiger partial charge in [-0.15, -0.1) is 0 Å². The molecule has 32 heavy (non-hydrogen) atoms. The molecule has 1 aromatic carbocycles. The second-order valence-electron chi connectivity index (χ2n) is 9.76. The minimum atomic E-state index is -0.0744. The van der Waals surface area contributed by atoms with Gasteiger partial charge in [0.05, 0.1) is 26.9 Å². The van der Waals surface area contributed by atoms with Crippen molar-refractivity contribution >= 4 is 16.8 Å². The molecule has 4 rings (SSSR count). The van der Waals surface area contributed by atoms with Crippen molar-refractivity contribution in [3.8, 4) is 5.75 Å². The highest BCUT2D eigenvalue weighted by Crippen LogP contribution is 2.34. The predicted octanol–water partition coefficient (Wildman–Crippen LogP) is 3.57. The summed E-state index contributed by atoms with van der Waals surface area (Å²) in [5.74, 6) is 2.47. The molecule has 1 saturated heterocycles. The number of hydrogen-bond donors (Lipinski definition) is 1. The Morgan fingerprint density at radius 3 is 2.75 bits per heavy atom. The molecule has 2 aromatic rings. The number of amides is 1. The van der Waals surface area contributed by atoms with Crippen molar-refractivity contribution in [3.63, 3.8) is 0 Å². The first kappa shape index (κ1) is 23.1. The minimum absolute atomic E-state index is 0.0744. The largest absolute Gasteiger partial charge is 0.494 e. The average molecular weight is 443 g/mol. The maximum absolute atomic E-state index is 13.4. The summed E-state index contributed by atoms with van der Waals surface area (Å²) in [6.07, 6.45) is 3.46. The van der Waals surface area contributed by atoms with Crippen LogP contribution in [0.25, 0.3) is 10.9 Å². The van der Waals surface area contributed by atoms with Gasteiger partial charge in [-0.25, -0.2) is 0 Å². The Kier molecular flexibility index (Phi) is 7.36. The van der Waals surface area contributed by atoms with Crippen LogP contribution in [0.3, 0.4) is 0 Å². The zero-order chi connectivity index (χ0) is 22.7. The molecule has 1 amide bonds. The van der Waals surface area contributed by atoms with E-state index in [2.05, 4.69) is 31.0 Å². The van der Waals surface area contributed by atoms with E-state index < -0.39 is 0 Å². The van der Waals surface area contributed by atoms with E-state index in [1.807, 2.05) is 22.9 Å². The van der Waals surface area contributed by atoms with Gasteiger partial charge in [-0.1, -0.05) is 32.9 Å². The van der Waals surface area contributed by atoms with Gasteiger partial charge >= 0.3 is 0 Å². The van der Waals surface area contributed by atoms with Crippen molar-refractivity contribution in [1.29, 1.82) is 0 Å². The molecule has 0 spiro atoms. The first-order valence-corrected chi connectivity index (χ1v) is 12.1. The number of benzene rings is 1. The summed E-state index contributed by atoms with van der Waals surface area (Å²) < 4.78 is 13.0.